The molecule has 8 rings (SSSR count). The molecule has 0 spiro atoms. The lowest BCUT2D eigenvalue weighted by Gasteiger charge is -2.34. The summed E-state index contributed by atoms with van der Waals surface area (Å²) in [6, 6.07) is 19.5. The number of carbonyl (C=O) groups is 4. The highest BCUT2D eigenvalue weighted by Gasteiger charge is 2.41. The van der Waals surface area contributed by atoms with Crippen LogP contribution >= 0.6 is 0 Å². The van der Waals surface area contributed by atoms with Crippen molar-refractivity contribution in [1.29, 1.82) is 0 Å². The predicted octanol–water partition coefficient (Wildman–Crippen LogP) is 7.67. The molecule has 0 saturated carbocycles. The molecule has 5 aromatic rings. The van der Waals surface area contributed by atoms with Crippen LogP contribution in [0, 0.1) is 0 Å². The average Bonchev–Trinajstić information content (AvgIpc) is 4.19. The zero-order chi connectivity index (χ0) is 47.7. The lowest BCUT2D eigenvalue weighted by atomic mass is 9.87. The number of likely N-dealkylation sites (tertiary alicyclic amines) is 2. The second-order valence-electron chi connectivity index (χ2n) is 19.1. The molecule has 0 unspecified atom stereocenters. The fourth-order valence-electron chi connectivity index (χ4n) is 10.2. The van der Waals surface area contributed by atoms with E-state index in [2.05, 4.69) is 107 Å². The van der Waals surface area contributed by atoms with Gasteiger partial charge >= 0.3 is 12.2 Å². The van der Waals surface area contributed by atoms with Gasteiger partial charge in [-0.05, 0) is 111 Å². The molecule has 3 saturated heterocycles. The number of amides is 4. The van der Waals surface area contributed by atoms with E-state index < -0.39 is 36.5 Å². The predicted molar refractivity (Wildman–Crippen MR) is 253 cm³/mol. The number of aromatic nitrogens is 4. The van der Waals surface area contributed by atoms with Gasteiger partial charge in [0.2, 0.25) is 11.8 Å². The van der Waals surface area contributed by atoms with Gasteiger partial charge in [0.1, 0.15) is 23.7 Å². The first-order valence-electron chi connectivity index (χ1n) is 23.4. The summed E-state index contributed by atoms with van der Waals surface area (Å²) in [5.74, 6) is 0.922. The lowest BCUT2D eigenvalue weighted by Crippen LogP contribution is -2.54. The molecule has 5 heterocycles. The molecule has 17 nitrogen and oxygen atoms in total. The van der Waals surface area contributed by atoms with Crippen LogP contribution in [0.3, 0.4) is 0 Å². The molecule has 4 amide bonds. The number of imidazole rings is 2. The number of aromatic amines is 2. The molecule has 3 aliphatic rings. The van der Waals surface area contributed by atoms with Gasteiger partial charge in [0, 0.05) is 33.0 Å². The zero-order valence-electron chi connectivity index (χ0n) is 40.1. The van der Waals surface area contributed by atoms with Gasteiger partial charge in [-0.2, -0.15) is 0 Å². The van der Waals surface area contributed by atoms with Crippen molar-refractivity contribution in [3.8, 4) is 0 Å². The summed E-state index contributed by atoms with van der Waals surface area (Å²) in [7, 11) is 5.56. The van der Waals surface area contributed by atoms with Crippen LogP contribution in [0.15, 0.2) is 60.7 Å². The Bertz CT molecular complexity index is 2440. The number of carbonyl (C=O) groups excluding carboxylic acids is 4. The van der Waals surface area contributed by atoms with E-state index in [0.29, 0.717) is 24.7 Å². The van der Waals surface area contributed by atoms with Crippen LogP contribution in [-0.2, 0) is 34.0 Å². The second-order valence-corrected chi connectivity index (χ2v) is 19.1. The largest absolute Gasteiger partial charge is 0.453 e. The molecule has 17 heteroatoms. The molecule has 3 aliphatic heterocycles. The molecule has 8 atom stereocenters. The van der Waals surface area contributed by atoms with Crippen molar-refractivity contribution in [3.63, 3.8) is 0 Å². The quantitative estimate of drug-likeness (QED) is 0.0905. The number of rotatable bonds is 13. The van der Waals surface area contributed by atoms with Gasteiger partial charge in [0.05, 0.1) is 72.7 Å². The summed E-state index contributed by atoms with van der Waals surface area (Å²) >= 11 is 0. The molecule has 3 aromatic carbocycles. The monoisotopic (exact) mass is 919 g/mol. The number of nitrogens with zero attached hydrogens (tertiary/aromatic N) is 5. The van der Waals surface area contributed by atoms with Crippen molar-refractivity contribution < 1.29 is 38.1 Å². The molecular formula is C50H65N9O8. The molecule has 3 fully saturated rings. The summed E-state index contributed by atoms with van der Waals surface area (Å²) in [5.41, 5.74) is 8.09. The number of nitrogens with one attached hydrogen (secondary N) is 4. The van der Waals surface area contributed by atoms with Crippen LogP contribution < -0.4 is 15.5 Å². The van der Waals surface area contributed by atoms with E-state index in [1.807, 2.05) is 0 Å². The Labute approximate surface area is 391 Å². The molecule has 67 heavy (non-hydrogen) atoms. The first kappa shape index (κ1) is 47.3. The van der Waals surface area contributed by atoms with E-state index in [9.17, 15) is 19.2 Å². The Balaban J connectivity index is 1.08. The standard InChI is InChI=1S/C50H65N9O8/c1-28(64-6)42(55-48(62)66-8)46(60)57-24-10-12-40(57)44-51-34-20-14-30(26-36(34)53-44)38-22-23-39(59(38)33-18-16-32(17-19-33)50(3,4)5)31-15-21-35-37(27-31)54-45(52-35)41-13-11-25-58(41)47(61)43(29(2)65-7)56-49(63)67-9/h14-21,26-29,38-43H,10-13,22-25H2,1-9H3,(H,51,53)(H,52,54)(H,55,62)(H,56,63)/t28-,29-,38+,39+,40+,41+,42+,43+/m1/s1. The van der Waals surface area contributed by atoms with Crippen molar-refractivity contribution in [2.24, 2.45) is 0 Å². The highest BCUT2D eigenvalue weighted by Crippen LogP contribution is 2.48. The highest BCUT2D eigenvalue weighted by atomic mass is 16.5. The number of alkyl carbamates (subject to hydrolysis) is 2. The number of benzene rings is 3. The van der Waals surface area contributed by atoms with Crippen LogP contribution in [0.5, 0.6) is 0 Å². The van der Waals surface area contributed by atoms with Crippen molar-refractivity contribution in [2.75, 3.05) is 46.4 Å². The molecule has 2 aromatic heterocycles. The highest BCUT2D eigenvalue weighted by molar-refractivity contribution is 5.88. The maximum Gasteiger partial charge on any atom is 0.407 e. The maximum absolute atomic E-state index is 14.0. The van der Waals surface area contributed by atoms with Crippen LogP contribution in [0.25, 0.3) is 22.1 Å². The zero-order valence-corrected chi connectivity index (χ0v) is 40.1. The minimum atomic E-state index is -0.918. The summed E-state index contributed by atoms with van der Waals surface area (Å²) in [6.07, 6.45) is 2.33. The Kier molecular flexibility index (Phi) is 13.8. The van der Waals surface area contributed by atoms with Gasteiger partial charge in [-0.25, -0.2) is 19.6 Å². The van der Waals surface area contributed by atoms with Crippen molar-refractivity contribution in [2.45, 2.75) is 127 Å². The topological polar surface area (TPSA) is 196 Å². The maximum atomic E-state index is 14.0. The molecular weight excluding hydrogens is 855 g/mol. The van der Waals surface area contributed by atoms with Gasteiger partial charge in [-0.1, -0.05) is 45.0 Å². The van der Waals surface area contributed by atoms with E-state index in [4.69, 9.17) is 28.9 Å². The number of ether oxygens (including phenoxy) is 4. The third-order valence-electron chi connectivity index (χ3n) is 14.1. The summed E-state index contributed by atoms with van der Waals surface area (Å²) in [5, 5.41) is 5.33. The Morgan fingerprint density at radius 2 is 1.06 bits per heavy atom. The lowest BCUT2D eigenvalue weighted by molar-refractivity contribution is -0.138. The fourth-order valence-corrected chi connectivity index (χ4v) is 10.2. The van der Waals surface area contributed by atoms with E-state index in [1.54, 1.807) is 23.6 Å². The van der Waals surface area contributed by atoms with Gasteiger partial charge in [-0.3, -0.25) is 9.59 Å². The third-order valence-corrected chi connectivity index (χ3v) is 14.1. The number of fused-ring (bicyclic) bond motifs is 2. The van der Waals surface area contributed by atoms with Gasteiger partial charge in [-0.15, -0.1) is 0 Å². The average molecular weight is 920 g/mol. The number of methoxy groups -OCH3 is 4. The Hall–Kier alpha value is -6.20. The van der Waals surface area contributed by atoms with Crippen LogP contribution in [0.1, 0.15) is 126 Å². The van der Waals surface area contributed by atoms with Crippen molar-refractivity contribution in [1.82, 2.24) is 40.4 Å². The van der Waals surface area contributed by atoms with Crippen molar-refractivity contribution >= 4 is 51.8 Å². The Morgan fingerprint density at radius 3 is 1.45 bits per heavy atom. The van der Waals surface area contributed by atoms with Crippen LogP contribution in [-0.4, -0.2) is 120 Å². The van der Waals surface area contributed by atoms with E-state index in [1.165, 1.54) is 34.0 Å². The molecule has 0 aliphatic carbocycles. The van der Waals surface area contributed by atoms with Gasteiger partial charge < -0.3 is 54.2 Å². The van der Waals surface area contributed by atoms with Gasteiger partial charge in [0.15, 0.2) is 0 Å². The molecule has 4 N–H and O–H groups in total. The molecule has 0 radical (unpaired) electrons. The molecule has 358 valence electrons. The summed E-state index contributed by atoms with van der Waals surface area (Å²) < 4.78 is 20.6. The SMILES string of the molecule is COC(=O)N[C@H](C(=O)N1CCC[C@H]1c1nc2ccc([C@@H]3CC[C@@H](c4ccc5nc([C@@H]6CCCN6C(=O)[C@@H](NC(=O)OC)[C@@H](C)OC)[nH]c5c4)N3c3ccc(C(C)(C)C)cc3)cc2[nH]1)[C@@H](C)OC. The fraction of sp³-hybridized carbons (Fsp3) is 0.520. The van der Waals surface area contributed by atoms with E-state index >= 15 is 0 Å². The number of anilines is 1. The first-order chi connectivity index (χ1) is 32.1. The second kappa shape index (κ2) is 19.6. The van der Waals surface area contributed by atoms with Crippen LogP contribution in [0.4, 0.5) is 15.3 Å². The first-order valence-corrected chi connectivity index (χ1v) is 23.4. The number of hydrogen-bond acceptors (Lipinski definition) is 11. The third kappa shape index (κ3) is 9.53. The summed E-state index contributed by atoms with van der Waals surface area (Å²) in [6.45, 7) is 11.2. The van der Waals surface area contributed by atoms with Gasteiger partial charge in [0.25, 0.3) is 0 Å². The van der Waals surface area contributed by atoms with Crippen molar-refractivity contribution in [3.05, 3.63) is 89.0 Å². The smallest absolute Gasteiger partial charge is 0.407 e. The normalized spacial score (nSPS) is 21.7. The number of H-pyrrole nitrogens is 2. The minimum Gasteiger partial charge on any atom is -0.453 e. The summed E-state index contributed by atoms with van der Waals surface area (Å²) in [4.78, 5) is 75.7. The van der Waals surface area contributed by atoms with E-state index in [0.717, 1.165) is 77.4 Å². The Morgan fingerprint density at radius 1 is 0.627 bits per heavy atom. The minimum absolute atomic E-state index is 0.00428. The number of hydrogen-bond donors (Lipinski definition) is 4. The van der Waals surface area contributed by atoms with E-state index in [-0.39, 0.29) is 41.4 Å². The van der Waals surface area contributed by atoms with Crippen LogP contribution in [0.2, 0.25) is 0 Å². The molecule has 0 bridgehead atoms.